The zero-order valence-corrected chi connectivity index (χ0v) is 28.3. The van der Waals surface area contributed by atoms with Gasteiger partial charge in [0.15, 0.2) is 0 Å². The molecule has 2 fully saturated rings. The van der Waals surface area contributed by atoms with Crippen LogP contribution in [0.4, 0.5) is 0 Å². The van der Waals surface area contributed by atoms with E-state index in [9.17, 15) is 19.2 Å². The van der Waals surface area contributed by atoms with Crippen LogP contribution in [0.15, 0.2) is 11.6 Å². The Morgan fingerprint density at radius 1 is 0.952 bits per heavy atom. The Bertz CT molecular complexity index is 985. The first-order valence-electron chi connectivity index (χ1n) is 16.1. The first-order valence-corrected chi connectivity index (χ1v) is 16.1. The van der Waals surface area contributed by atoms with Crippen molar-refractivity contribution in [2.45, 2.75) is 131 Å². The number of amides is 4. The van der Waals surface area contributed by atoms with Crippen molar-refractivity contribution in [2.24, 2.45) is 11.3 Å². The highest BCUT2D eigenvalue weighted by atomic mass is 16.2. The smallest absolute Gasteiger partial charge is 0.249 e. The maximum absolute atomic E-state index is 14.1. The third-order valence-corrected chi connectivity index (χ3v) is 8.88. The van der Waals surface area contributed by atoms with E-state index in [0.29, 0.717) is 25.1 Å². The minimum Gasteiger partial charge on any atom is -0.344 e. The van der Waals surface area contributed by atoms with Crippen molar-refractivity contribution in [1.82, 2.24) is 24.9 Å². The second kappa shape index (κ2) is 15.3. The number of carbonyl (C=O) groups excluding carboxylic acids is 4. The average Bonchev–Trinajstić information content (AvgIpc) is 3.41. The van der Waals surface area contributed by atoms with E-state index < -0.39 is 17.5 Å². The molecule has 0 aromatic rings. The average molecular weight is 590 g/mol. The molecule has 0 aliphatic carbocycles. The van der Waals surface area contributed by atoms with Gasteiger partial charge in [0.1, 0.15) is 12.1 Å². The Kier molecular flexibility index (Phi) is 13.1. The zero-order chi connectivity index (χ0) is 31.9. The molecule has 1 unspecified atom stereocenters. The van der Waals surface area contributed by atoms with Gasteiger partial charge in [-0.15, -0.1) is 0 Å². The number of rotatable bonds is 11. The summed E-state index contributed by atoms with van der Waals surface area (Å²) in [6, 6.07) is -1.51. The number of hydrogen-bond donors (Lipinski definition) is 1. The zero-order valence-electron chi connectivity index (χ0n) is 28.3. The summed E-state index contributed by atoms with van der Waals surface area (Å²) in [4.78, 5) is 61.6. The van der Waals surface area contributed by atoms with E-state index in [1.807, 2.05) is 47.6 Å². The van der Waals surface area contributed by atoms with Gasteiger partial charge in [0.2, 0.25) is 23.6 Å². The molecule has 0 spiro atoms. The van der Waals surface area contributed by atoms with Crippen molar-refractivity contribution < 1.29 is 19.2 Å². The molecule has 0 bridgehead atoms. The Hall–Kier alpha value is -2.42. The summed E-state index contributed by atoms with van der Waals surface area (Å²) in [7, 11) is 3.55. The standard InChI is InChI=1S/C33H59N5O4/c1-12-18-35(10)31(41)26-17-15-20-38(26)30(40)24(6)21-27(22(2)3)36(11)32(42)28(33(7,8)9)34-29(39)25-16-13-14-19-37(25)23(4)5/h21-23,25-28H,12-20H2,1-11H3,(H,34,39)/b24-21+/t25-,26+,27?,28-/m1/s1. The number of piperidine rings is 1. The van der Waals surface area contributed by atoms with Gasteiger partial charge in [0.25, 0.3) is 0 Å². The Morgan fingerprint density at radius 2 is 1.57 bits per heavy atom. The van der Waals surface area contributed by atoms with Crippen molar-refractivity contribution in [3.63, 3.8) is 0 Å². The Balaban J connectivity index is 2.27. The Labute approximate surface area is 255 Å². The maximum Gasteiger partial charge on any atom is 0.249 e. The highest BCUT2D eigenvalue weighted by molar-refractivity contribution is 5.97. The van der Waals surface area contributed by atoms with Gasteiger partial charge in [0.05, 0.1) is 12.1 Å². The molecule has 2 rings (SSSR count). The molecular weight excluding hydrogens is 530 g/mol. The molecule has 42 heavy (non-hydrogen) atoms. The molecule has 240 valence electrons. The summed E-state index contributed by atoms with van der Waals surface area (Å²) in [5.74, 6) is -0.409. The molecule has 0 radical (unpaired) electrons. The summed E-state index contributed by atoms with van der Waals surface area (Å²) >= 11 is 0. The van der Waals surface area contributed by atoms with Crippen LogP contribution in [0.25, 0.3) is 0 Å². The monoisotopic (exact) mass is 589 g/mol. The van der Waals surface area contributed by atoms with E-state index in [-0.39, 0.29) is 47.7 Å². The maximum atomic E-state index is 14.1. The molecule has 2 aliphatic heterocycles. The molecule has 4 amide bonds. The van der Waals surface area contributed by atoms with E-state index in [1.54, 1.807) is 35.7 Å². The van der Waals surface area contributed by atoms with Gasteiger partial charge in [-0.05, 0) is 70.8 Å². The molecular formula is C33H59N5O4. The lowest BCUT2D eigenvalue weighted by molar-refractivity contribution is -0.142. The number of likely N-dealkylation sites (N-methyl/N-ethyl adjacent to an activating group) is 2. The van der Waals surface area contributed by atoms with Crippen molar-refractivity contribution in [3.05, 3.63) is 11.6 Å². The summed E-state index contributed by atoms with van der Waals surface area (Å²) < 4.78 is 0. The van der Waals surface area contributed by atoms with Crippen LogP contribution in [-0.2, 0) is 19.2 Å². The van der Waals surface area contributed by atoms with Crippen LogP contribution < -0.4 is 5.32 Å². The Morgan fingerprint density at radius 3 is 2.12 bits per heavy atom. The quantitative estimate of drug-likeness (QED) is 0.367. The normalized spacial score (nSPS) is 21.8. The molecule has 9 heteroatoms. The molecule has 9 nitrogen and oxygen atoms in total. The van der Waals surface area contributed by atoms with Crippen molar-refractivity contribution in [3.8, 4) is 0 Å². The number of nitrogens with zero attached hydrogens (tertiary/aromatic N) is 4. The number of likely N-dealkylation sites (tertiary alicyclic amines) is 2. The van der Waals surface area contributed by atoms with Crippen molar-refractivity contribution in [2.75, 3.05) is 33.7 Å². The highest BCUT2D eigenvalue weighted by Gasteiger charge is 2.40. The van der Waals surface area contributed by atoms with Crippen molar-refractivity contribution >= 4 is 23.6 Å². The van der Waals surface area contributed by atoms with Crippen LogP contribution in [0.2, 0.25) is 0 Å². The number of hydrogen-bond acceptors (Lipinski definition) is 5. The lowest BCUT2D eigenvalue weighted by Gasteiger charge is -2.41. The predicted octanol–water partition coefficient (Wildman–Crippen LogP) is 4.07. The molecule has 2 heterocycles. The summed E-state index contributed by atoms with van der Waals surface area (Å²) in [5, 5.41) is 3.14. The predicted molar refractivity (Wildman–Crippen MR) is 169 cm³/mol. The topological polar surface area (TPSA) is 93.3 Å². The molecule has 2 aliphatic rings. The van der Waals surface area contributed by atoms with Gasteiger partial charge in [-0.2, -0.15) is 0 Å². The summed E-state index contributed by atoms with van der Waals surface area (Å²) in [6.45, 7) is 20.1. The van der Waals surface area contributed by atoms with Gasteiger partial charge >= 0.3 is 0 Å². The highest BCUT2D eigenvalue weighted by Crippen LogP contribution is 2.27. The van der Waals surface area contributed by atoms with Gasteiger partial charge in [-0.1, -0.05) is 54.0 Å². The molecule has 0 aromatic heterocycles. The molecule has 1 N–H and O–H groups in total. The van der Waals surface area contributed by atoms with Crippen LogP contribution in [0.1, 0.15) is 101 Å². The molecule has 4 atom stereocenters. The fourth-order valence-corrected chi connectivity index (χ4v) is 6.36. The SMILES string of the molecule is CCCN(C)C(=O)[C@@H]1CCCN1C(=O)/C(C)=C/C(C(C)C)N(C)C(=O)[C@@H](NC(=O)[C@H]1CCCCN1C(C)C)C(C)(C)C. The number of nitrogens with one attached hydrogen (secondary N) is 1. The fourth-order valence-electron chi connectivity index (χ4n) is 6.36. The van der Waals surface area contributed by atoms with E-state index >= 15 is 0 Å². The minimum absolute atomic E-state index is 0.0130. The van der Waals surface area contributed by atoms with Gasteiger partial charge in [-0.3, -0.25) is 24.1 Å². The second-order valence-electron chi connectivity index (χ2n) is 14.1. The lowest BCUT2D eigenvalue weighted by atomic mass is 9.84. The third kappa shape index (κ3) is 8.80. The van der Waals surface area contributed by atoms with E-state index in [2.05, 4.69) is 24.1 Å². The van der Waals surface area contributed by atoms with E-state index in [0.717, 1.165) is 38.6 Å². The summed E-state index contributed by atoms with van der Waals surface area (Å²) in [5.41, 5.74) is 0.0135. The molecule has 2 saturated heterocycles. The van der Waals surface area contributed by atoms with E-state index in [4.69, 9.17) is 0 Å². The van der Waals surface area contributed by atoms with E-state index in [1.165, 1.54) is 0 Å². The molecule has 0 aromatic carbocycles. The molecule has 0 saturated carbocycles. The first kappa shape index (κ1) is 35.8. The largest absolute Gasteiger partial charge is 0.344 e. The van der Waals surface area contributed by atoms with Crippen LogP contribution in [-0.4, -0.2) is 107 Å². The van der Waals surface area contributed by atoms with Gasteiger partial charge in [-0.25, -0.2) is 0 Å². The minimum atomic E-state index is -0.716. The van der Waals surface area contributed by atoms with Crippen molar-refractivity contribution in [1.29, 1.82) is 0 Å². The van der Waals surface area contributed by atoms with Crippen LogP contribution in [0.3, 0.4) is 0 Å². The van der Waals surface area contributed by atoms with Crippen LogP contribution in [0.5, 0.6) is 0 Å². The lowest BCUT2D eigenvalue weighted by Crippen LogP contribution is -2.60. The fraction of sp³-hybridized carbons (Fsp3) is 0.818. The van der Waals surface area contributed by atoms with Crippen LogP contribution in [0, 0.1) is 11.3 Å². The van der Waals surface area contributed by atoms with Gasteiger partial charge < -0.3 is 20.0 Å². The first-order chi connectivity index (χ1) is 19.5. The van der Waals surface area contributed by atoms with Gasteiger partial charge in [0, 0.05) is 38.8 Å². The third-order valence-electron chi connectivity index (χ3n) is 8.88. The van der Waals surface area contributed by atoms with Crippen LogP contribution >= 0.6 is 0 Å². The summed E-state index contributed by atoms with van der Waals surface area (Å²) in [6.07, 6.45) is 7.06. The number of carbonyl (C=O) groups is 4. The second-order valence-corrected chi connectivity index (χ2v) is 14.1.